The second-order valence-corrected chi connectivity index (χ2v) is 4.86. The van der Waals surface area contributed by atoms with E-state index in [1.165, 1.54) is 10.6 Å². The number of hydrogen-bond acceptors (Lipinski definition) is 4. The third-order valence-electron chi connectivity index (χ3n) is 2.79. The van der Waals surface area contributed by atoms with E-state index in [9.17, 15) is 0 Å². The van der Waals surface area contributed by atoms with E-state index in [2.05, 4.69) is 16.8 Å². The molecule has 0 spiro atoms. The predicted octanol–water partition coefficient (Wildman–Crippen LogP) is 0.918. The van der Waals surface area contributed by atoms with Gasteiger partial charge in [0.15, 0.2) is 0 Å². The van der Waals surface area contributed by atoms with Gasteiger partial charge >= 0.3 is 0 Å². The molecule has 1 aromatic heterocycles. The van der Waals surface area contributed by atoms with Crippen LogP contribution >= 0.6 is 11.3 Å². The van der Waals surface area contributed by atoms with Crippen molar-refractivity contribution in [2.75, 3.05) is 26.2 Å². The molecular formula is C10H16N2OS. The maximum atomic E-state index is 8.87. The summed E-state index contributed by atoms with van der Waals surface area (Å²) in [7, 11) is 0. The van der Waals surface area contributed by atoms with Crippen molar-refractivity contribution in [3.05, 3.63) is 16.1 Å². The molecule has 1 saturated heterocycles. The molecule has 0 aliphatic carbocycles. The maximum Gasteiger partial charge on any atom is 0.0797 e. The fraction of sp³-hybridized carbons (Fsp3) is 0.700. The Morgan fingerprint density at radius 1 is 1.64 bits per heavy atom. The zero-order chi connectivity index (χ0) is 9.97. The van der Waals surface area contributed by atoms with Gasteiger partial charge in [-0.05, 0) is 13.3 Å². The first-order valence-corrected chi connectivity index (χ1v) is 5.89. The summed E-state index contributed by atoms with van der Waals surface area (Å²) in [6.07, 6.45) is 1.11. The van der Waals surface area contributed by atoms with Crippen LogP contribution in [0.25, 0.3) is 0 Å². The van der Waals surface area contributed by atoms with Gasteiger partial charge in [0.1, 0.15) is 0 Å². The Morgan fingerprint density at radius 2 is 2.43 bits per heavy atom. The summed E-state index contributed by atoms with van der Waals surface area (Å²) >= 11 is 1.75. The van der Waals surface area contributed by atoms with E-state index in [1.807, 2.05) is 5.51 Å². The molecule has 2 heterocycles. The van der Waals surface area contributed by atoms with Gasteiger partial charge in [0.25, 0.3) is 0 Å². The Kier molecular flexibility index (Phi) is 3.15. The van der Waals surface area contributed by atoms with Crippen molar-refractivity contribution < 1.29 is 5.11 Å². The van der Waals surface area contributed by atoms with Gasteiger partial charge in [0.2, 0.25) is 0 Å². The Hall–Kier alpha value is -0.450. The van der Waals surface area contributed by atoms with Crippen LogP contribution in [0.2, 0.25) is 0 Å². The largest absolute Gasteiger partial charge is 0.396 e. The highest BCUT2D eigenvalue weighted by atomic mass is 32.1. The lowest BCUT2D eigenvalue weighted by Gasteiger charge is -2.38. The molecule has 78 valence electrons. The third kappa shape index (κ3) is 2.13. The van der Waals surface area contributed by atoms with Crippen LogP contribution in [0.1, 0.15) is 10.6 Å². The zero-order valence-corrected chi connectivity index (χ0v) is 9.26. The quantitative estimate of drug-likeness (QED) is 0.806. The number of aliphatic hydroxyl groups is 1. The minimum atomic E-state index is 0.343. The number of rotatable bonds is 4. The molecule has 0 radical (unpaired) electrons. The van der Waals surface area contributed by atoms with Gasteiger partial charge in [-0.1, -0.05) is 0 Å². The van der Waals surface area contributed by atoms with Gasteiger partial charge in [-0.2, -0.15) is 0 Å². The Bertz CT molecular complexity index is 294. The molecule has 1 fully saturated rings. The molecule has 0 atom stereocenters. The summed E-state index contributed by atoms with van der Waals surface area (Å²) in [5.74, 6) is 0.526. The molecule has 14 heavy (non-hydrogen) atoms. The van der Waals surface area contributed by atoms with Crippen molar-refractivity contribution in [3.63, 3.8) is 0 Å². The van der Waals surface area contributed by atoms with Crippen LogP contribution in [-0.4, -0.2) is 41.2 Å². The van der Waals surface area contributed by atoms with E-state index in [4.69, 9.17) is 5.11 Å². The molecule has 0 bridgehead atoms. The fourth-order valence-electron chi connectivity index (χ4n) is 1.80. The molecule has 0 unspecified atom stereocenters. The highest BCUT2D eigenvalue weighted by molar-refractivity contribution is 7.09. The molecule has 0 aromatic carbocycles. The van der Waals surface area contributed by atoms with Gasteiger partial charge in [0, 0.05) is 37.0 Å². The normalized spacial score (nSPS) is 18.4. The number of thiazole rings is 1. The molecule has 3 nitrogen and oxygen atoms in total. The average molecular weight is 212 g/mol. The van der Waals surface area contributed by atoms with E-state index in [0.29, 0.717) is 12.5 Å². The van der Waals surface area contributed by atoms with Crippen molar-refractivity contribution in [2.24, 2.45) is 5.92 Å². The smallest absolute Gasteiger partial charge is 0.0797 e. The van der Waals surface area contributed by atoms with Crippen LogP contribution in [0.15, 0.2) is 5.51 Å². The number of likely N-dealkylation sites (tertiary alicyclic amines) is 1. The number of aryl methyl sites for hydroxylation is 1. The third-order valence-corrected chi connectivity index (χ3v) is 3.79. The fourth-order valence-corrected chi connectivity index (χ4v) is 2.57. The lowest BCUT2D eigenvalue weighted by molar-refractivity contribution is 0.0552. The number of aliphatic hydroxyl groups excluding tert-OH is 1. The molecule has 0 amide bonds. The Balaban J connectivity index is 1.72. The number of nitrogens with zero attached hydrogens (tertiary/aromatic N) is 2. The van der Waals surface area contributed by atoms with E-state index in [0.717, 1.165) is 26.1 Å². The molecule has 0 saturated carbocycles. The minimum absolute atomic E-state index is 0.343. The van der Waals surface area contributed by atoms with Crippen LogP contribution in [0.5, 0.6) is 0 Å². The first-order valence-electron chi connectivity index (χ1n) is 5.01. The summed E-state index contributed by atoms with van der Waals surface area (Å²) < 4.78 is 0. The predicted molar refractivity (Wildman–Crippen MR) is 57.6 cm³/mol. The van der Waals surface area contributed by atoms with Crippen LogP contribution in [0.4, 0.5) is 0 Å². The van der Waals surface area contributed by atoms with Crippen molar-refractivity contribution in [2.45, 2.75) is 13.3 Å². The average Bonchev–Trinajstić information content (AvgIpc) is 2.49. The van der Waals surface area contributed by atoms with Gasteiger partial charge in [-0.25, -0.2) is 4.98 Å². The van der Waals surface area contributed by atoms with Crippen LogP contribution < -0.4 is 0 Å². The molecule has 1 N–H and O–H groups in total. The summed E-state index contributed by atoms with van der Waals surface area (Å²) in [5, 5.41) is 8.87. The van der Waals surface area contributed by atoms with Gasteiger partial charge < -0.3 is 10.0 Å². The molecule has 4 heteroatoms. The first kappa shape index (κ1) is 10.1. The van der Waals surface area contributed by atoms with E-state index in [-0.39, 0.29) is 0 Å². The molecule has 2 rings (SSSR count). The molecule has 1 aliphatic heterocycles. The highest BCUT2D eigenvalue weighted by Crippen LogP contribution is 2.17. The monoisotopic (exact) mass is 212 g/mol. The maximum absolute atomic E-state index is 8.87. The molecular weight excluding hydrogens is 196 g/mol. The summed E-state index contributed by atoms with van der Waals surface area (Å²) in [6, 6.07) is 0. The van der Waals surface area contributed by atoms with Crippen LogP contribution in [0.3, 0.4) is 0 Å². The van der Waals surface area contributed by atoms with Gasteiger partial charge in [0.05, 0.1) is 11.2 Å². The second kappa shape index (κ2) is 4.38. The van der Waals surface area contributed by atoms with Gasteiger partial charge in [-0.3, -0.25) is 0 Å². The first-order chi connectivity index (χ1) is 6.79. The lowest BCUT2D eigenvalue weighted by Crippen LogP contribution is -2.48. The second-order valence-electron chi connectivity index (χ2n) is 3.92. The number of hydrogen-bond donors (Lipinski definition) is 1. The van der Waals surface area contributed by atoms with E-state index in [1.54, 1.807) is 11.3 Å². The zero-order valence-electron chi connectivity index (χ0n) is 8.44. The Morgan fingerprint density at radius 3 is 3.00 bits per heavy atom. The van der Waals surface area contributed by atoms with Gasteiger partial charge in [-0.15, -0.1) is 11.3 Å². The standard InChI is InChI=1S/C10H16N2OS/c1-8-10(14-7-11-8)2-3-12-4-9(5-12)6-13/h7,9,13H,2-6H2,1H3. The molecule has 1 aromatic rings. The van der Waals surface area contributed by atoms with Crippen molar-refractivity contribution in [1.82, 2.24) is 9.88 Å². The van der Waals surface area contributed by atoms with E-state index >= 15 is 0 Å². The summed E-state index contributed by atoms with van der Waals surface area (Å²) in [6.45, 7) is 5.65. The molecule has 1 aliphatic rings. The van der Waals surface area contributed by atoms with E-state index < -0.39 is 0 Å². The summed E-state index contributed by atoms with van der Waals surface area (Å²) in [4.78, 5) is 8.02. The van der Waals surface area contributed by atoms with Crippen LogP contribution in [-0.2, 0) is 6.42 Å². The van der Waals surface area contributed by atoms with Crippen molar-refractivity contribution in [1.29, 1.82) is 0 Å². The minimum Gasteiger partial charge on any atom is -0.396 e. The topological polar surface area (TPSA) is 36.4 Å². The SMILES string of the molecule is Cc1ncsc1CCN1CC(CO)C1. The van der Waals surface area contributed by atoms with Crippen molar-refractivity contribution >= 4 is 11.3 Å². The number of aromatic nitrogens is 1. The van der Waals surface area contributed by atoms with Crippen LogP contribution in [0, 0.1) is 12.8 Å². The van der Waals surface area contributed by atoms with Crippen molar-refractivity contribution in [3.8, 4) is 0 Å². The highest BCUT2D eigenvalue weighted by Gasteiger charge is 2.25. The lowest BCUT2D eigenvalue weighted by atomic mass is 10.0. The Labute approximate surface area is 88.4 Å². The summed E-state index contributed by atoms with van der Waals surface area (Å²) in [5.41, 5.74) is 3.09.